The Morgan fingerprint density at radius 3 is 2.76 bits per heavy atom. The van der Waals surface area contributed by atoms with Gasteiger partial charge in [-0.25, -0.2) is 4.98 Å². The van der Waals surface area contributed by atoms with Crippen molar-refractivity contribution in [1.82, 2.24) is 4.98 Å². The Morgan fingerprint density at radius 2 is 2.12 bits per heavy atom. The van der Waals surface area contributed by atoms with Crippen molar-refractivity contribution in [3.8, 4) is 11.3 Å². The number of aliphatic hydroxyl groups excluding tert-OH is 1. The zero-order valence-corrected chi connectivity index (χ0v) is 14.5. The minimum atomic E-state index is -1.12. The first-order valence-corrected chi connectivity index (χ1v) is 9.07. The predicted octanol–water partition coefficient (Wildman–Crippen LogP) is 2.02. The van der Waals surface area contributed by atoms with Crippen molar-refractivity contribution in [2.45, 2.75) is 25.1 Å². The van der Waals surface area contributed by atoms with Crippen LogP contribution in [-0.2, 0) is 0 Å². The minimum Gasteiger partial charge on any atom is -0.464 e. The van der Waals surface area contributed by atoms with E-state index in [2.05, 4.69) is 4.90 Å². The third-order valence-corrected chi connectivity index (χ3v) is 5.80. The summed E-state index contributed by atoms with van der Waals surface area (Å²) >= 11 is 1.32. The molecular weight excluding hydrogens is 338 g/mol. The van der Waals surface area contributed by atoms with E-state index in [1.54, 1.807) is 6.26 Å². The van der Waals surface area contributed by atoms with Gasteiger partial charge in [-0.15, -0.1) is 11.3 Å². The largest absolute Gasteiger partial charge is 0.464 e. The Morgan fingerprint density at radius 1 is 1.36 bits per heavy atom. The molecule has 1 aliphatic rings. The molecule has 3 aromatic heterocycles. The number of aromatic nitrogens is 1. The fourth-order valence-corrected chi connectivity index (χ4v) is 4.26. The zero-order valence-electron chi connectivity index (χ0n) is 13.7. The van der Waals surface area contributed by atoms with E-state index in [9.17, 15) is 5.11 Å². The molecule has 7 nitrogen and oxygen atoms in total. The lowest BCUT2D eigenvalue weighted by atomic mass is 10.0. The van der Waals surface area contributed by atoms with E-state index in [4.69, 9.17) is 26.6 Å². The molecule has 4 rings (SSSR count). The van der Waals surface area contributed by atoms with E-state index < -0.39 is 6.23 Å². The summed E-state index contributed by atoms with van der Waals surface area (Å²) in [5.74, 6) is 1.58. The van der Waals surface area contributed by atoms with E-state index in [0.717, 1.165) is 47.5 Å². The first-order chi connectivity index (χ1) is 12.0. The maximum absolute atomic E-state index is 9.81. The molecule has 1 atom stereocenters. The summed E-state index contributed by atoms with van der Waals surface area (Å²) in [7, 11) is 0. The van der Waals surface area contributed by atoms with Gasteiger partial charge in [0.25, 0.3) is 0 Å². The second kappa shape index (κ2) is 6.30. The van der Waals surface area contributed by atoms with E-state index >= 15 is 0 Å². The monoisotopic (exact) mass is 359 g/mol. The highest BCUT2D eigenvalue weighted by atomic mass is 32.1. The molecule has 0 spiro atoms. The Bertz CT molecular complexity index is 882. The molecule has 0 saturated carbocycles. The van der Waals surface area contributed by atoms with Crippen LogP contribution in [0.5, 0.6) is 0 Å². The normalized spacial score (nSPS) is 17.3. The van der Waals surface area contributed by atoms with E-state index in [1.807, 2.05) is 18.2 Å². The summed E-state index contributed by atoms with van der Waals surface area (Å²) < 4.78 is 5.60. The maximum Gasteiger partial charge on any atom is 0.139 e. The van der Waals surface area contributed by atoms with Crippen LogP contribution in [0.1, 0.15) is 23.9 Å². The van der Waals surface area contributed by atoms with Crippen LogP contribution in [-0.4, -0.2) is 29.2 Å². The van der Waals surface area contributed by atoms with Crippen molar-refractivity contribution in [3.05, 3.63) is 29.3 Å². The van der Waals surface area contributed by atoms with Gasteiger partial charge < -0.3 is 31.6 Å². The molecule has 4 heterocycles. The molecule has 0 bridgehead atoms. The Kier molecular flexibility index (Phi) is 4.12. The first-order valence-electron chi connectivity index (χ1n) is 8.25. The highest BCUT2D eigenvalue weighted by molar-refractivity contribution is 7.19. The molecule has 0 aromatic carbocycles. The molecule has 0 amide bonds. The molecule has 3 aromatic rings. The minimum absolute atomic E-state index is 0.251. The Labute approximate surface area is 149 Å². The number of pyridine rings is 1. The number of nitrogen functional groups attached to an aromatic ring is 1. The molecule has 0 radical (unpaired) electrons. The number of rotatable bonds is 3. The smallest absolute Gasteiger partial charge is 0.139 e. The lowest BCUT2D eigenvalue weighted by Crippen LogP contribution is -2.40. The number of piperidine rings is 1. The van der Waals surface area contributed by atoms with Crippen molar-refractivity contribution in [2.75, 3.05) is 23.7 Å². The SMILES string of the molecule is Nc1c(C(N)O)sc2nc(N3CCC(N)CC3)cc(-c3ccco3)c12. The average Bonchev–Trinajstić information content (AvgIpc) is 3.23. The summed E-state index contributed by atoms with van der Waals surface area (Å²) in [6, 6.07) is 5.97. The van der Waals surface area contributed by atoms with E-state index in [1.165, 1.54) is 11.3 Å². The third kappa shape index (κ3) is 2.87. The van der Waals surface area contributed by atoms with Gasteiger partial charge in [0, 0.05) is 30.1 Å². The maximum atomic E-state index is 9.81. The summed E-state index contributed by atoms with van der Waals surface area (Å²) in [6.45, 7) is 1.73. The van der Waals surface area contributed by atoms with Gasteiger partial charge in [-0.3, -0.25) is 0 Å². The zero-order chi connectivity index (χ0) is 17.6. The number of nitrogens with two attached hydrogens (primary N) is 3. The number of anilines is 2. The molecule has 25 heavy (non-hydrogen) atoms. The first kappa shape index (κ1) is 16.3. The summed E-state index contributed by atoms with van der Waals surface area (Å²) in [5.41, 5.74) is 19.2. The van der Waals surface area contributed by atoms with Gasteiger partial charge in [-0.2, -0.15) is 0 Å². The Hall–Kier alpha value is -2.13. The van der Waals surface area contributed by atoms with Crippen LogP contribution in [0, 0.1) is 0 Å². The van der Waals surface area contributed by atoms with Gasteiger partial charge in [-0.05, 0) is 31.0 Å². The number of hydrogen-bond donors (Lipinski definition) is 4. The molecule has 1 unspecified atom stereocenters. The lowest BCUT2D eigenvalue weighted by Gasteiger charge is -2.31. The van der Waals surface area contributed by atoms with Gasteiger partial charge in [0.1, 0.15) is 22.6 Å². The van der Waals surface area contributed by atoms with Gasteiger partial charge in [0.2, 0.25) is 0 Å². The highest BCUT2D eigenvalue weighted by Crippen LogP contribution is 2.42. The van der Waals surface area contributed by atoms with Crippen LogP contribution >= 0.6 is 11.3 Å². The number of furan rings is 1. The van der Waals surface area contributed by atoms with Crippen molar-refractivity contribution >= 4 is 33.1 Å². The van der Waals surface area contributed by atoms with E-state index in [-0.39, 0.29) is 6.04 Å². The average molecular weight is 359 g/mol. The molecule has 1 fully saturated rings. The molecule has 1 saturated heterocycles. The van der Waals surface area contributed by atoms with Crippen LogP contribution in [0.25, 0.3) is 21.5 Å². The van der Waals surface area contributed by atoms with Gasteiger partial charge in [0.15, 0.2) is 0 Å². The molecule has 7 N–H and O–H groups in total. The number of fused-ring (bicyclic) bond motifs is 1. The Balaban J connectivity index is 1.89. The van der Waals surface area contributed by atoms with Gasteiger partial charge >= 0.3 is 0 Å². The van der Waals surface area contributed by atoms with Crippen molar-refractivity contribution < 1.29 is 9.52 Å². The molecular formula is C17H21N5O2S. The second-order valence-corrected chi connectivity index (χ2v) is 7.37. The lowest BCUT2D eigenvalue weighted by molar-refractivity contribution is 0.191. The fraction of sp³-hybridized carbons (Fsp3) is 0.353. The van der Waals surface area contributed by atoms with Crippen LogP contribution in [0.15, 0.2) is 28.9 Å². The summed E-state index contributed by atoms with van der Waals surface area (Å²) in [6.07, 6.45) is 2.38. The summed E-state index contributed by atoms with van der Waals surface area (Å²) in [5, 5.41) is 10.6. The van der Waals surface area contributed by atoms with Gasteiger partial charge in [-0.1, -0.05) is 0 Å². The van der Waals surface area contributed by atoms with Crippen LogP contribution in [0.4, 0.5) is 11.5 Å². The molecule has 0 aliphatic carbocycles. The molecule has 132 valence electrons. The predicted molar refractivity (Wildman–Crippen MR) is 100 cm³/mol. The number of thiophene rings is 1. The molecule has 8 heteroatoms. The summed E-state index contributed by atoms with van der Waals surface area (Å²) in [4.78, 5) is 8.27. The van der Waals surface area contributed by atoms with E-state index in [0.29, 0.717) is 16.3 Å². The third-order valence-electron chi connectivity index (χ3n) is 4.63. The van der Waals surface area contributed by atoms with Gasteiger partial charge in [0.05, 0.1) is 16.8 Å². The van der Waals surface area contributed by atoms with Crippen molar-refractivity contribution in [3.63, 3.8) is 0 Å². The van der Waals surface area contributed by atoms with Crippen LogP contribution in [0.3, 0.4) is 0 Å². The van der Waals surface area contributed by atoms with Crippen molar-refractivity contribution in [1.29, 1.82) is 0 Å². The topological polar surface area (TPSA) is 128 Å². The van der Waals surface area contributed by atoms with Crippen LogP contribution < -0.4 is 22.1 Å². The number of hydrogen-bond acceptors (Lipinski definition) is 8. The highest BCUT2D eigenvalue weighted by Gasteiger charge is 2.23. The fourth-order valence-electron chi connectivity index (χ4n) is 3.26. The second-order valence-electron chi connectivity index (χ2n) is 6.33. The standard InChI is InChI=1S/C17H21N5O2S/c18-9-3-5-22(6-4-9)12-8-10(11-2-1-7-24-11)13-14(19)15(16(20)23)25-17(13)21-12/h1-2,7-9,16,23H,3-6,18-20H2. The van der Waals surface area contributed by atoms with Crippen LogP contribution in [0.2, 0.25) is 0 Å². The number of nitrogens with zero attached hydrogens (tertiary/aromatic N) is 2. The quantitative estimate of drug-likeness (QED) is 0.527. The number of aliphatic hydroxyl groups is 1. The van der Waals surface area contributed by atoms with Crippen molar-refractivity contribution in [2.24, 2.45) is 11.5 Å². The molecule has 1 aliphatic heterocycles.